The molecule has 6 rings (SSSR count). The minimum absolute atomic E-state index is 0.563. The van der Waals surface area contributed by atoms with Crippen LogP contribution in [0, 0.1) is 12.8 Å². The van der Waals surface area contributed by atoms with Gasteiger partial charge in [0.25, 0.3) is 0 Å². The first kappa shape index (κ1) is 23.7. The molecule has 1 aliphatic rings. The van der Waals surface area contributed by atoms with Crippen LogP contribution in [0.4, 0.5) is 0 Å². The molecule has 3 N–H and O–H groups in total. The Balaban J connectivity index is 1.39. The van der Waals surface area contributed by atoms with E-state index >= 15 is 0 Å². The maximum Gasteiger partial charge on any atom is 0.138 e. The van der Waals surface area contributed by atoms with Crippen molar-refractivity contribution in [3.8, 4) is 22.5 Å². The summed E-state index contributed by atoms with van der Waals surface area (Å²) in [5.41, 5.74) is 11.4. The van der Waals surface area contributed by atoms with Gasteiger partial charge >= 0.3 is 0 Å². The van der Waals surface area contributed by atoms with Crippen LogP contribution in [-0.2, 0) is 0 Å². The van der Waals surface area contributed by atoms with E-state index in [9.17, 15) is 0 Å². The summed E-state index contributed by atoms with van der Waals surface area (Å²) in [4.78, 5) is 13.1. The maximum atomic E-state index is 5.03. The average Bonchev–Trinajstić information content (AvgIpc) is 3.56. The second kappa shape index (κ2) is 9.63. The number of pyridine rings is 2. The van der Waals surface area contributed by atoms with Gasteiger partial charge in [-0.05, 0) is 85.7 Å². The zero-order chi connectivity index (χ0) is 26.2. The summed E-state index contributed by atoms with van der Waals surface area (Å²) in [6.45, 7) is 12.3. The molecule has 1 aliphatic carbocycles. The molecule has 6 nitrogen and oxygen atoms in total. The van der Waals surface area contributed by atoms with Gasteiger partial charge in [0.2, 0.25) is 0 Å². The number of allylic oxidation sites excluding steroid dienone is 5. The molecule has 4 aromatic heterocycles. The Hall–Kier alpha value is -4.71. The predicted octanol–water partition coefficient (Wildman–Crippen LogP) is 7.46. The number of H-pyrrole nitrogens is 2. The molecule has 4 heterocycles. The molecular formula is C32H30N6. The first-order chi connectivity index (χ1) is 18.5. The predicted molar refractivity (Wildman–Crippen MR) is 156 cm³/mol. The SMILES string of the molecule is C=C/C(=C\C(=C/C)c1ccc2[nH]nc(-c3cc4c(-c5cccc(C)c5)ccnc4[nH]3)c2n1)NC(=C)C1CC1. The summed E-state index contributed by atoms with van der Waals surface area (Å²) in [7, 11) is 0. The number of rotatable bonds is 8. The zero-order valence-corrected chi connectivity index (χ0v) is 21.7. The van der Waals surface area contributed by atoms with Crippen molar-refractivity contribution < 1.29 is 0 Å². The molecule has 0 aliphatic heterocycles. The van der Waals surface area contributed by atoms with Crippen molar-refractivity contribution in [2.75, 3.05) is 0 Å². The lowest BCUT2D eigenvalue weighted by Crippen LogP contribution is -2.11. The van der Waals surface area contributed by atoms with Crippen LogP contribution in [0.25, 0.3) is 50.2 Å². The molecular weight excluding hydrogens is 468 g/mol. The first-order valence-corrected chi connectivity index (χ1v) is 12.9. The van der Waals surface area contributed by atoms with E-state index in [1.165, 1.54) is 18.4 Å². The van der Waals surface area contributed by atoms with Gasteiger partial charge in [-0.2, -0.15) is 5.10 Å². The summed E-state index contributed by atoms with van der Waals surface area (Å²) in [6.07, 6.45) is 10.2. The van der Waals surface area contributed by atoms with Gasteiger partial charge in [0.15, 0.2) is 0 Å². The Bertz CT molecular complexity index is 1760. The van der Waals surface area contributed by atoms with Crippen molar-refractivity contribution in [1.29, 1.82) is 0 Å². The van der Waals surface area contributed by atoms with Crippen LogP contribution in [0.1, 0.15) is 31.0 Å². The van der Waals surface area contributed by atoms with E-state index in [1.54, 1.807) is 0 Å². The number of hydrogen-bond acceptors (Lipinski definition) is 4. The van der Waals surface area contributed by atoms with E-state index in [-0.39, 0.29) is 0 Å². The Morgan fingerprint density at radius 2 is 2.00 bits per heavy atom. The third-order valence-corrected chi connectivity index (χ3v) is 7.04. The summed E-state index contributed by atoms with van der Waals surface area (Å²) in [6, 6.07) is 16.7. The number of aryl methyl sites for hydroxylation is 1. The number of aromatic amines is 2. The molecule has 5 aromatic rings. The number of benzene rings is 1. The lowest BCUT2D eigenvalue weighted by Gasteiger charge is -2.11. The van der Waals surface area contributed by atoms with E-state index in [0.717, 1.165) is 67.2 Å². The third-order valence-electron chi connectivity index (χ3n) is 7.04. The number of aromatic nitrogens is 5. The highest BCUT2D eigenvalue weighted by atomic mass is 15.1. The molecule has 0 bridgehead atoms. The number of nitrogens with one attached hydrogen (secondary N) is 3. The minimum atomic E-state index is 0.563. The van der Waals surface area contributed by atoms with Crippen molar-refractivity contribution in [2.24, 2.45) is 5.92 Å². The van der Waals surface area contributed by atoms with Gasteiger partial charge in [-0.15, -0.1) is 0 Å². The van der Waals surface area contributed by atoms with E-state index in [1.807, 2.05) is 31.3 Å². The van der Waals surface area contributed by atoms with Gasteiger partial charge in [0, 0.05) is 23.0 Å². The topological polar surface area (TPSA) is 82.3 Å². The van der Waals surface area contributed by atoms with Gasteiger partial charge in [-0.25, -0.2) is 9.97 Å². The smallest absolute Gasteiger partial charge is 0.138 e. The van der Waals surface area contributed by atoms with E-state index < -0.39 is 0 Å². The molecule has 38 heavy (non-hydrogen) atoms. The fourth-order valence-electron chi connectivity index (χ4n) is 4.80. The van der Waals surface area contributed by atoms with Crippen LogP contribution in [0.15, 0.2) is 97.5 Å². The van der Waals surface area contributed by atoms with Gasteiger partial charge in [0.05, 0.1) is 16.9 Å². The summed E-state index contributed by atoms with van der Waals surface area (Å²) in [5.74, 6) is 0.563. The zero-order valence-electron chi connectivity index (χ0n) is 21.7. The largest absolute Gasteiger partial charge is 0.359 e. The van der Waals surface area contributed by atoms with Gasteiger partial charge in [-0.3, -0.25) is 5.10 Å². The van der Waals surface area contributed by atoms with Crippen molar-refractivity contribution in [3.05, 3.63) is 109 Å². The maximum absolute atomic E-state index is 5.03. The van der Waals surface area contributed by atoms with Gasteiger partial charge in [0.1, 0.15) is 16.9 Å². The molecule has 0 atom stereocenters. The summed E-state index contributed by atoms with van der Waals surface area (Å²) < 4.78 is 0. The molecule has 1 fully saturated rings. The Morgan fingerprint density at radius 1 is 1.13 bits per heavy atom. The minimum Gasteiger partial charge on any atom is -0.359 e. The molecule has 6 heteroatoms. The summed E-state index contributed by atoms with van der Waals surface area (Å²) >= 11 is 0. The highest BCUT2D eigenvalue weighted by molar-refractivity contribution is 5.99. The molecule has 1 aromatic carbocycles. The van der Waals surface area contributed by atoms with Crippen LogP contribution in [0.2, 0.25) is 0 Å². The molecule has 188 valence electrons. The standard InChI is InChI=1S/C32H30N6/c1-5-21(17-24(6-2)34-20(4)22-10-11-22)27-12-13-28-30(35-27)31(38-37-28)29-18-26-25(14-15-33-32(26)36-29)23-9-7-8-19(3)16-23/h5-9,12-18,22,34H,2,4,10-11H2,1,3H3,(H,33,36)(H,37,38)/b21-5+,24-17+. The Labute approximate surface area is 221 Å². The molecule has 0 radical (unpaired) electrons. The molecule has 1 saturated carbocycles. The van der Waals surface area contributed by atoms with Crippen LogP contribution in [-0.4, -0.2) is 25.1 Å². The van der Waals surface area contributed by atoms with Crippen molar-refractivity contribution in [2.45, 2.75) is 26.7 Å². The fourth-order valence-corrected chi connectivity index (χ4v) is 4.80. The molecule has 0 saturated heterocycles. The van der Waals surface area contributed by atoms with E-state index in [4.69, 9.17) is 4.98 Å². The van der Waals surface area contributed by atoms with Crippen LogP contribution in [0.5, 0.6) is 0 Å². The van der Waals surface area contributed by atoms with Crippen LogP contribution < -0.4 is 5.32 Å². The van der Waals surface area contributed by atoms with Crippen molar-refractivity contribution >= 4 is 27.6 Å². The van der Waals surface area contributed by atoms with E-state index in [2.05, 4.69) is 94.1 Å². The monoisotopic (exact) mass is 498 g/mol. The van der Waals surface area contributed by atoms with Crippen LogP contribution in [0.3, 0.4) is 0 Å². The number of hydrogen-bond donors (Lipinski definition) is 3. The first-order valence-electron chi connectivity index (χ1n) is 12.9. The van der Waals surface area contributed by atoms with Crippen molar-refractivity contribution in [1.82, 2.24) is 30.5 Å². The highest BCUT2D eigenvalue weighted by Gasteiger charge is 2.24. The average molecular weight is 499 g/mol. The van der Waals surface area contributed by atoms with E-state index in [0.29, 0.717) is 5.92 Å². The number of nitrogens with zero attached hydrogens (tertiary/aromatic N) is 3. The lowest BCUT2D eigenvalue weighted by molar-refractivity contribution is 0.865. The van der Waals surface area contributed by atoms with Crippen LogP contribution >= 0.6 is 0 Å². The van der Waals surface area contributed by atoms with Crippen molar-refractivity contribution in [3.63, 3.8) is 0 Å². The van der Waals surface area contributed by atoms with Gasteiger partial charge in [-0.1, -0.05) is 49.1 Å². The fraction of sp³-hybridized carbons (Fsp3) is 0.156. The summed E-state index contributed by atoms with van der Waals surface area (Å²) in [5, 5.41) is 12.2. The molecule has 0 amide bonds. The Morgan fingerprint density at radius 3 is 2.76 bits per heavy atom. The third kappa shape index (κ3) is 4.45. The molecule has 0 spiro atoms. The molecule has 0 unspecified atom stereocenters. The Kier molecular flexibility index (Phi) is 6.00. The lowest BCUT2D eigenvalue weighted by atomic mass is 10.0. The normalized spacial score (nSPS) is 14.3. The number of fused-ring (bicyclic) bond motifs is 2. The highest BCUT2D eigenvalue weighted by Crippen LogP contribution is 2.35. The van der Waals surface area contributed by atoms with Gasteiger partial charge < -0.3 is 10.3 Å². The quantitative estimate of drug-likeness (QED) is 0.194. The second-order valence-corrected chi connectivity index (χ2v) is 9.81. The second-order valence-electron chi connectivity index (χ2n) is 9.81.